The third-order valence-electron chi connectivity index (χ3n) is 3.55. The molecule has 0 aliphatic heterocycles. The van der Waals surface area contributed by atoms with Crippen LogP contribution in [0.5, 0.6) is 0 Å². The highest BCUT2D eigenvalue weighted by Gasteiger charge is 2.21. The first-order valence-corrected chi connectivity index (χ1v) is 10.2. The van der Waals surface area contributed by atoms with E-state index in [-0.39, 0.29) is 65.9 Å². The minimum Gasteiger partial charge on any atom is -0.480 e. The normalized spacial score (nSPS) is 11.1. The van der Waals surface area contributed by atoms with Crippen LogP contribution >= 0.6 is 0 Å². The molecule has 34 heavy (non-hydrogen) atoms. The van der Waals surface area contributed by atoms with Crippen LogP contribution in [0.3, 0.4) is 0 Å². The average Bonchev–Trinajstić information content (AvgIpc) is 2.76. The third kappa shape index (κ3) is 20.2. The number of nitrogens with zero attached hydrogens (tertiary/aromatic N) is 2. The summed E-state index contributed by atoms with van der Waals surface area (Å²) >= 11 is 0. The number of aliphatic hydroxyl groups is 2. The molecule has 0 radical (unpaired) electrons. The SMILES string of the molecule is O=C(O)CN(CCN(CC(=O)OOCCOCCO)CC(=O)OOCCOCCO)CC(=O)O. The van der Waals surface area contributed by atoms with Crippen LogP contribution in [0.15, 0.2) is 0 Å². The van der Waals surface area contributed by atoms with Crippen LogP contribution in [0, 0.1) is 0 Å². The molecule has 0 aromatic heterocycles. The number of carboxylic acid groups (broad SMARTS) is 2. The molecular formula is C18H32N2O14. The van der Waals surface area contributed by atoms with E-state index in [4.69, 9.17) is 29.9 Å². The molecule has 0 aliphatic carbocycles. The number of aliphatic hydroxyl groups excluding tert-OH is 2. The molecule has 0 saturated carbocycles. The van der Waals surface area contributed by atoms with Crippen molar-refractivity contribution in [2.24, 2.45) is 0 Å². The second kappa shape index (κ2) is 21.1. The van der Waals surface area contributed by atoms with Crippen LogP contribution in [0.1, 0.15) is 0 Å². The van der Waals surface area contributed by atoms with Gasteiger partial charge in [-0.05, 0) is 0 Å². The van der Waals surface area contributed by atoms with Gasteiger partial charge in [0, 0.05) is 13.1 Å². The molecule has 0 aliphatic rings. The van der Waals surface area contributed by atoms with E-state index < -0.39 is 50.1 Å². The summed E-state index contributed by atoms with van der Waals surface area (Å²) in [7, 11) is 0. The molecule has 0 unspecified atom stereocenters. The minimum absolute atomic E-state index is 0.0581. The van der Waals surface area contributed by atoms with Crippen molar-refractivity contribution in [2.45, 2.75) is 0 Å². The fraction of sp³-hybridized carbons (Fsp3) is 0.778. The Hall–Kier alpha value is -2.44. The zero-order valence-corrected chi connectivity index (χ0v) is 18.7. The van der Waals surface area contributed by atoms with Crippen molar-refractivity contribution in [3.8, 4) is 0 Å². The molecule has 0 aromatic carbocycles. The van der Waals surface area contributed by atoms with Gasteiger partial charge < -0.3 is 29.9 Å². The topological polar surface area (TPSA) is 211 Å². The van der Waals surface area contributed by atoms with Crippen molar-refractivity contribution in [1.29, 1.82) is 0 Å². The zero-order chi connectivity index (χ0) is 25.6. The maximum atomic E-state index is 12.0. The van der Waals surface area contributed by atoms with Gasteiger partial charge in [-0.15, -0.1) is 0 Å². The highest BCUT2D eigenvalue weighted by molar-refractivity contribution is 5.74. The smallest absolute Gasteiger partial charge is 0.356 e. The first-order chi connectivity index (χ1) is 16.3. The Kier molecular flexibility index (Phi) is 19.6. The van der Waals surface area contributed by atoms with Crippen LogP contribution in [0.2, 0.25) is 0 Å². The fourth-order valence-corrected chi connectivity index (χ4v) is 2.25. The van der Waals surface area contributed by atoms with Crippen LogP contribution in [0.4, 0.5) is 0 Å². The second-order valence-electron chi connectivity index (χ2n) is 6.44. The molecule has 0 spiro atoms. The van der Waals surface area contributed by atoms with Crippen molar-refractivity contribution in [2.75, 3.05) is 92.1 Å². The number of aliphatic carboxylic acids is 2. The van der Waals surface area contributed by atoms with E-state index in [9.17, 15) is 19.2 Å². The molecule has 0 amide bonds. The standard InChI is InChI=1S/C18H32N2O14/c21-3-5-29-7-9-31-33-17(27)13-20(2-1-19(11-15(23)24)12-16(25)26)14-18(28)34-32-10-8-30-6-4-22/h21-22H,1-14H2,(H,23,24)(H,25,26). The van der Waals surface area contributed by atoms with Gasteiger partial charge in [0.2, 0.25) is 0 Å². The van der Waals surface area contributed by atoms with Crippen LogP contribution in [-0.4, -0.2) is 146 Å². The van der Waals surface area contributed by atoms with E-state index >= 15 is 0 Å². The lowest BCUT2D eigenvalue weighted by Crippen LogP contribution is -2.44. The average molecular weight is 500 g/mol. The zero-order valence-electron chi connectivity index (χ0n) is 18.7. The Morgan fingerprint density at radius 1 is 0.559 bits per heavy atom. The minimum atomic E-state index is -1.25. The van der Waals surface area contributed by atoms with E-state index in [0.29, 0.717) is 0 Å². The molecule has 0 rings (SSSR count). The molecule has 198 valence electrons. The van der Waals surface area contributed by atoms with Gasteiger partial charge in [0.25, 0.3) is 0 Å². The highest BCUT2D eigenvalue weighted by atomic mass is 17.2. The summed E-state index contributed by atoms with van der Waals surface area (Å²) in [4.78, 5) is 66.6. The largest absolute Gasteiger partial charge is 0.480 e. The van der Waals surface area contributed by atoms with E-state index in [0.717, 1.165) is 4.90 Å². The third-order valence-corrected chi connectivity index (χ3v) is 3.55. The molecule has 0 atom stereocenters. The van der Waals surface area contributed by atoms with Gasteiger partial charge in [-0.25, -0.2) is 9.59 Å². The Morgan fingerprint density at radius 2 is 0.941 bits per heavy atom. The summed E-state index contributed by atoms with van der Waals surface area (Å²) in [6, 6.07) is 0. The predicted molar refractivity (Wildman–Crippen MR) is 108 cm³/mol. The molecule has 0 aromatic rings. The summed E-state index contributed by atoms with van der Waals surface area (Å²) in [5.74, 6) is -4.28. The summed E-state index contributed by atoms with van der Waals surface area (Å²) in [6.45, 7) is -2.55. The molecular weight excluding hydrogens is 468 g/mol. The highest BCUT2D eigenvalue weighted by Crippen LogP contribution is 1.98. The molecule has 16 heteroatoms. The van der Waals surface area contributed by atoms with Crippen molar-refractivity contribution in [3.63, 3.8) is 0 Å². The summed E-state index contributed by atoms with van der Waals surface area (Å²) in [5, 5.41) is 35.0. The summed E-state index contributed by atoms with van der Waals surface area (Å²) in [6.07, 6.45) is 0. The maximum absolute atomic E-state index is 12.0. The lowest BCUT2D eigenvalue weighted by atomic mass is 10.4. The van der Waals surface area contributed by atoms with Gasteiger partial charge in [0.15, 0.2) is 0 Å². The molecule has 0 bridgehead atoms. The fourth-order valence-electron chi connectivity index (χ4n) is 2.25. The van der Waals surface area contributed by atoms with Crippen LogP contribution < -0.4 is 0 Å². The van der Waals surface area contributed by atoms with Crippen LogP contribution in [0.25, 0.3) is 0 Å². The monoisotopic (exact) mass is 500 g/mol. The second-order valence-corrected chi connectivity index (χ2v) is 6.44. The number of carbonyl (C=O) groups excluding carboxylic acids is 2. The number of carboxylic acids is 2. The Morgan fingerprint density at radius 3 is 1.29 bits per heavy atom. The molecule has 16 nitrogen and oxygen atoms in total. The maximum Gasteiger partial charge on any atom is 0.356 e. The number of ether oxygens (including phenoxy) is 2. The quantitative estimate of drug-likeness (QED) is 0.0615. The molecule has 0 saturated heterocycles. The van der Waals surface area contributed by atoms with Gasteiger partial charge in [-0.1, -0.05) is 0 Å². The van der Waals surface area contributed by atoms with Crippen molar-refractivity contribution in [1.82, 2.24) is 9.80 Å². The van der Waals surface area contributed by atoms with E-state index in [1.165, 1.54) is 4.90 Å². The lowest BCUT2D eigenvalue weighted by Gasteiger charge is -2.24. The van der Waals surface area contributed by atoms with Crippen molar-refractivity contribution >= 4 is 23.9 Å². The van der Waals surface area contributed by atoms with Crippen molar-refractivity contribution < 1.29 is 68.6 Å². The Labute approximate surface area is 195 Å². The molecule has 0 fully saturated rings. The van der Waals surface area contributed by atoms with Crippen molar-refractivity contribution in [3.05, 3.63) is 0 Å². The summed E-state index contributed by atoms with van der Waals surface area (Å²) < 4.78 is 9.84. The Balaban J connectivity index is 4.70. The van der Waals surface area contributed by atoms with Gasteiger partial charge in [-0.2, -0.15) is 9.78 Å². The number of carbonyl (C=O) groups is 4. The van der Waals surface area contributed by atoms with E-state index in [1.807, 2.05) is 0 Å². The number of hydrogen-bond donors (Lipinski definition) is 4. The van der Waals surface area contributed by atoms with Gasteiger partial charge in [0.05, 0.1) is 52.7 Å². The summed E-state index contributed by atoms with van der Waals surface area (Å²) in [5.41, 5.74) is 0. The lowest BCUT2D eigenvalue weighted by molar-refractivity contribution is -0.280. The van der Waals surface area contributed by atoms with Gasteiger partial charge in [0.1, 0.15) is 26.3 Å². The van der Waals surface area contributed by atoms with Crippen LogP contribution in [-0.2, 0) is 48.2 Å². The number of rotatable bonds is 23. The van der Waals surface area contributed by atoms with Gasteiger partial charge >= 0.3 is 23.9 Å². The van der Waals surface area contributed by atoms with E-state index in [1.54, 1.807) is 0 Å². The van der Waals surface area contributed by atoms with E-state index in [2.05, 4.69) is 19.6 Å². The first kappa shape index (κ1) is 31.6. The predicted octanol–water partition coefficient (Wildman–Crippen LogP) is -3.27. The molecule has 4 N–H and O–H groups in total. The number of hydrogen-bond acceptors (Lipinski definition) is 14. The Bertz CT molecular complexity index is 545. The molecule has 0 heterocycles. The first-order valence-electron chi connectivity index (χ1n) is 10.2. The van der Waals surface area contributed by atoms with Gasteiger partial charge in [-0.3, -0.25) is 29.2 Å².